The van der Waals surface area contributed by atoms with Crippen molar-refractivity contribution in [2.45, 2.75) is 50.4 Å². The molecule has 1 atom stereocenters. The molecule has 0 N–H and O–H groups in total. The Kier molecular flexibility index (Phi) is 5.71. The lowest BCUT2D eigenvalue weighted by molar-refractivity contribution is -0.137. The first kappa shape index (κ1) is 21.5. The predicted molar refractivity (Wildman–Crippen MR) is 116 cm³/mol. The Bertz CT molecular complexity index is 1100. The van der Waals surface area contributed by atoms with E-state index in [2.05, 4.69) is 9.55 Å². The van der Waals surface area contributed by atoms with Gasteiger partial charge in [-0.2, -0.15) is 13.2 Å². The first-order valence-corrected chi connectivity index (χ1v) is 11.8. The molecule has 2 saturated heterocycles. The Morgan fingerprint density at radius 2 is 2.00 bits per heavy atom. The summed E-state index contributed by atoms with van der Waals surface area (Å²) < 4.78 is 47.6. The summed E-state index contributed by atoms with van der Waals surface area (Å²) >= 11 is 1.58. The van der Waals surface area contributed by atoms with Crippen LogP contribution in [0.4, 0.5) is 13.2 Å². The zero-order chi connectivity index (χ0) is 22.3. The number of halogens is 3. The number of rotatable bonds is 4. The summed E-state index contributed by atoms with van der Waals surface area (Å²) in [7, 11) is 0. The number of piperidine rings is 1. The van der Waals surface area contributed by atoms with Gasteiger partial charge in [0.25, 0.3) is 0 Å². The van der Waals surface area contributed by atoms with Gasteiger partial charge in [0.1, 0.15) is 11.9 Å². The second-order valence-corrected chi connectivity index (χ2v) is 9.44. The highest BCUT2D eigenvalue weighted by Gasteiger charge is 2.34. The zero-order valence-electron chi connectivity index (χ0n) is 17.5. The first-order valence-electron chi connectivity index (χ1n) is 10.9. The minimum atomic E-state index is -4.41. The van der Waals surface area contributed by atoms with Gasteiger partial charge in [0.15, 0.2) is 0 Å². The van der Waals surface area contributed by atoms with Gasteiger partial charge in [-0.3, -0.25) is 4.79 Å². The zero-order valence-corrected chi connectivity index (χ0v) is 18.3. The van der Waals surface area contributed by atoms with Gasteiger partial charge in [0, 0.05) is 30.6 Å². The Morgan fingerprint density at radius 3 is 2.66 bits per heavy atom. The van der Waals surface area contributed by atoms with E-state index in [-0.39, 0.29) is 18.1 Å². The number of thiophene rings is 1. The minimum Gasteiger partial charge on any atom is -0.370 e. The smallest absolute Gasteiger partial charge is 0.370 e. The molecule has 5 nitrogen and oxygen atoms in total. The summed E-state index contributed by atoms with van der Waals surface area (Å²) in [5.74, 6) is 0.829. The van der Waals surface area contributed by atoms with Crippen molar-refractivity contribution >= 4 is 28.3 Å². The van der Waals surface area contributed by atoms with Crippen molar-refractivity contribution in [3.63, 3.8) is 0 Å². The number of carbonyl (C=O) groups is 1. The van der Waals surface area contributed by atoms with E-state index in [0.29, 0.717) is 43.0 Å². The monoisotopic (exact) mass is 463 g/mol. The third-order valence-corrected chi connectivity index (χ3v) is 7.23. The highest BCUT2D eigenvalue weighted by molar-refractivity contribution is 7.10. The van der Waals surface area contributed by atoms with E-state index in [4.69, 9.17) is 4.74 Å². The number of amides is 1. The molecule has 170 valence electrons. The molecule has 0 saturated carbocycles. The number of carbonyl (C=O) groups excluding carboxylic acids is 1. The van der Waals surface area contributed by atoms with Crippen LogP contribution in [0.15, 0.2) is 35.7 Å². The van der Waals surface area contributed by atoms with Crippen LogP contribution in [0.2, 0.25) is 0 Å². The molecule has 1 amide bonds. The van der Waals surface area contributed by atoms with E-state index in [0.717, 1.165) is 42.7 Å². The van der Waals surface area contributed by atoms with Crippen molar-refractivity contribution in [3.8, 4) is 0 Å². The van der Waals surface area contributed by atoms with Crippen LogP contribution in [-0.2, 0) is 22.1 Å². The molecule has 4 heterocycles. The molecule has 0 radical (unpaired) electrons. The number of hydrogen-bond donors (Lipinski definition) is 0. The van der Waals surface area contributed by atoms with Gasteiger partial charge in [0.2, 0.25) is 5.91 Å². The van der Waals surface area contributed by atoms with Crippen LogP contribution in [0.5, 0.6) is 0 Å². The Balaban J connectivity index is 1.40. The van der Waals surface area contributed by atoms with E-state index < -0.39 is 11.7 Å². The van der Waals surface area contributed by atoms with Crippen LogP contribution in [0.25, 0.3) is 11.0 Å². The molecule has 0 bridgehead atoms. The van der Waals surface area contributed by atoms with E-state index in [1.165, 1.54) is 6.07 Å². The lowest BCUT2D eigenvalue weighted by atomic mass is 10.0. The fraction of sp³-hybridized carbons (Fsp3) is 0.478. The predicted octanol–water partition coefficient (Wildman–Crippen LogP) is 5.37. The number of aromatic nitrogens is 2. The summed E-state index contributed by atoms with van der Waals surface area (Å²) in [6.07, 6.45) is -0.987. The molecule has 2 aliphatic rings. The molecular weight excluding hydrogens is 439 g/mol. The fourth-order valence-electron chi connectivity index (χ4n) is 4.73. The lowest BCUT2D eigenvalue weighted by Crippen LogP contribution is -2.40. The van der Waals surface area contributed by atoms with Gasteiger partial charge < -0.3 is 14.2 Å². The van der Waals surface area contributed by atoms with Gasteiger partial charge >= 0.3 is 6.18 Å². The van der Waals surface area contributed by atoms with Crippen LogP contribution in [0.3, 0.4) is 0 Å². The van der Waals surface area contributed by atoms with Crippen molar-refractivity contribution in [3.05, 3.63) is 52.0 Å². The van der Waals surface area contributed by atoms with Crippen LogP contribution < -0.4 is 0 Å². The number of fused-ring (bicyclic) bond motifs is 1. The van der Waals surface area contributed by atoms with Gasteiger partial charge in [-0.15, -0.1) is 11.3 Å². The van der Waals surface area contributed by atoms with Crippen molar-refractivity contribution in [1.29, 1.82) is 0 Å². The largest absolute Gasteiger partial charge is 0.416 e. The van der Waals surface area contributed by atoms with Crippen LogP contribution >= 0.6 is 11.3 Å². The number of nitrogens with zero attached hydrogens (tertiary/aromatic N) is 3. The molecule has 2 aliphatic heterocycles. The van der Waals surface area contributed by atoms with Gasteiger partial charge in [0.05, 0.1) is 23.0 Å². The van der Waals surface area contributed by atoms with E-state index in [1.807, 2.05) is 22.4 Å². The lowest BCUT2D eigenvalue weighted by Gasteiger charge is -2.34. The van der Waals surface area contributed by atoms with Crippen molar-refractivity contribution in [2.24, 2.45) is 0 Å². The average molecular weight is 464 g/mol. The number of ether oxygens (including phenoxy) is 1. The molecule has 2 fully saturated rings. The second-order valence-electron chi connectivity index (χ2n) is 8.41. The van der Waals surface area contributed by atoms with E-state index in [9.17, 15) is 18.0 Å². The molecule has 0 spiro atoms. The summed E-state index contributed by atoms with van der Waals surface area (Å²) in [5.41, 5.74) is 0.357. The first-order chi connectivity index (χ1) is 15.4. The second kappa shape index (κ2) is 8.51. The highest BCUT2D eigenvalue weighted by atomic mass is 32.1. The molecule has 0 aliphatic carbocycles. The summed E-state index contributed by atoms with van der Waals surface area (Å²) in [4.78, 5) is 20.2. The molecule has 2 aromatic heterocycles. The van der Waals surface area contributed by atoms with E-state index in [1.54, 1.807) is 11.3 Å². The van der Waals surface area contributed by atoms with Gasteiger partial charge in [-0.05, 0) is 55.3 Å². The number of likely N-dealkylation sites (tertiary alicyclic amines) is 1. The number of benzene rings is 1. The molecule has 1 aromatic carbocycles. The van der Waals surface area contributed by atoms with Crippen molar-refractivity contribution < 1.29 is 22.7 Å². The van der Waals surface area contributed by atoms with Crippen molar-refractivity contribution in [2.75, 3.05) is 19.7 Å². The Morgan fingerprint density at radius 1 is 1.19 bits per heavy atom. The average Bonchev–Trinajstić information content (AvgIpc) is 3.53. The maximum absolute atomic E-state index is 13.2. The van der Waals surface area contributed by atoms with Crippen molar-refractivity contribution in [1.82, 2.24) is 14.5 Å². The normalized spacial score (nSPS) is 20.3. The molecule has 9 heteroatoms. The standard InChI is InChI=1S/C23H24F3N3O2S/c24-23(25,26)15-5-6-19-18(13-15)27-22(20-4-1-11-31-20)29(19)16-7-9-28(10-8-16)21(30)14-17-3-2-12-32-17/h2-3,5-6,12-13,16,20H,1,4,7-11,14H2/t20-/m0/s1. The number of alkyl halides is 3. The molecular formula is C23H24F3N3O2S. The molecule has 5 rings (SSSR count). The maximum Gasteiger partial charge on any atom is 0.416 e. The fourth-order valence-corrected chi connectivity index (χ4v) is 5.43. The number of imidazole rings is 1. The van der Waals surface area contributed by atoms with Crippen LogP contribution in [0, 0.1) is 0 Å². The molecule has 0 unspecified atom stereocenters. The molecule has 32 heavy (non-hydrogen) atoms. The highest BCUT2D eigenvalue weighted by Crippen LogP contribution is 2.38. The third kappa shape index (κ3) is 4.15. The topological polar surface area (TPSA) is 47.4 Å². The Labute approximate surface area is 187 Å². The maximum atomic E-state index is 13.2. The number of hydrogen-bond acceptors (Lipinski definition) is 4. The van der Waals surface area contributed by atoms with Crippen LogP contribution in [-0.4, -0.2) is 40.1 Å². The SMILES string of the molecule is O=C(Cc1cccs1)N1CCC(n2c([C@@H]3CCCO3)nc3cc(C(F)(F)F)ccc32)CC1. The van der Waals surface area contributed by atoms with Crippen LogP contribution in [0.1, 0.15) is 54.1 Å². The minimum absolute atomic E-state index is 0.0710. The van der Waals surface area contributed by atoms with Gasteiger partial charge in [-0.25, -0.2) is 4.98 Å². The summed E-state index contributed by atoms with van der Waals surface area (Å²) in [6.45, 7) is 1.89. The van der Waals surface area contributed by atoms with Gasteiger partial charge in [-0.1, -0.05) is 6.07 Å². The third-order valence-electron chi connectivity index (χ3n) is 6.35. The Hall–Kier alpha value is -2.39. The quantitative estimate of drug-likeness (QED) is 0.522. The molecule has 3 aromatic rings. The summed E-state index contributed by atoms with van der Waals surface area (Å²) in [5, 5.41) is 1.97. The van der Waals surface area contributed by atoms with E-state index >= 15 is 0 Å². The summed E-state index contributed by atoms with van der Waals surface area (Å²) in [6, 6.07) is 7.76.